The van der Waals surface area contributed by atoms with Crippen LogP contribution in [0.5, 0.6) is 0 Å². The highest BCUT2D eigenvalue weighted by Gasteiger charge is 2.45. The number of hydrogen-bond acceptors (Lipinski definition) is 4. The minimum atomic E-state index is -1.10. The van der Waals surface area contributed by atoms with Crippen molar-refractivity contribution in [3.63, 3.8) is 0 Å². The first-order valence-corrected chi connectivity index (χ1v) is 6.72. The summed E-state index contributed by atoms with van der Waals surface area (Å²) in [6.45, 7) is 0.548. The van der Waals surface area contributed by atoms with E-state index in [9.17, 15) is 9.59 Å². The first kappa shape index (κ1) is 13.1. The molecule has 0 radical (unpaired) electrons. The highest BCUT2D eigenvalue weighted by molar-refractivity contribution is 5.95. The van der Waals surface area contributed by atoms with Gasteiger partial charge in [0.25, 0.3) is 5.91 Å². The molecule has 1 unspecified atom stereocenters. The number of carbonyl (C=O) groups excluding carboxylic acids is 1. The Morgan fingerprint density at radius 2 is 2.20 bits per heavy atom. The van der Waals surface area contributed by atoms with Crippen LogP contribution in [0.15, 0.2) is 18.3 Å². The van der Waals surface area contributed by atoms with Crippen molar-refractivity contribution in [2.45, 2.75) is 37.3 Å². The van der Waals surface area contributed by atoms with Crippen molar-refractivity contribution >= 4 is 11.9 Å². The van der Waals surface area contributed by atoms with Crippen LogP contribution in [0.2, 0.25) is 0 Å². The molecule has 2 heterocycles. The number of carboxylic acids is 1. The number of aromatic nitrogens is 1. The Kier molecular flexibility index (Phi) is 3.17. The second kappa shape index (κ2) is 4.86. The maximum absolute atomic E-state index is 12.0. The summed E-state index contributed by atoms with van der Waals surface area (Å²) in [6.07, 6.45) is 5.50. The van der Waals surface area contributed by atoms with E-state index in [0.29, 0.717) is 12.2 Å². The number of aromatic carboxylic acids is 1. The van der Waals surface area contributed by atoms with Crippen molar-refractivity contribution in [1.29, 1.82) is 0 Å². The highest BCUT2D eigenvalue weighted by Crippen LogP contribution is 2.43. The molecule has 1 amide bonds. The normalized spacial score (nSPS) is 23.3. The van der Waals surface area contributed by atoms with Crippen LogP contribution in [-0.2, 0) is 4.74 Å². The molecule has 2 aliphatic rings. The van der Waals surface area contributed by atoms with Crippen molar-refractivity contribution in [3.8, 4) is 0 Å². The molecule has 0 aromatic carbocycles. The van der Waals surface area contributed by atoms with E-state index in [0.717, 1.165) is 19.3 Å². The zero-order valence-electron chi connectivity index (χ0n) is 11.0. The second-order valence-corrected chi connectivity index (χ2v) is 5.46. The second-order valence-electron chi connectivity index (χ2n) is 5.46. The Morgan fingerprint density at radius 1 is 1.40 bits per heavy atom. The maximum atomic E-state index is 12.0. The van der Waals surface area contributed by atoms with Crippen LogP contribution in [0, 0.1) is 0 Å². The van der Waals surface area contributed by atoms with E-state index in [4.69, 9.17) is 9.84 Å². The van der Waals surface area contributed by atoms with E-state index in [-0.39, 0.29) is 23.2 Å². The van der Waals surface area contributed by atoms with Crippen LogP contribution in [0.25, 0.3) is 0 Å². The predicted molar refractivity (Wildman–Crippen MR) is 69.6 cm³/mol. The first-order chi connectivity index (χ1) is 9.58. The molecule has 1 aliphatic carbocycles. The summed E-state index contributed by atoms with van der Waals surface area (Å²) in [5.41, 5.74) is 0.298. The Balaban J connectivity index is 1.60. The maximum Gasteiger partial charge on any atom is 0.354 e. The molecule has 106 valence electrons. The van der Waals surface area contributed by atoms with Gasteiger partial charge in [-0.1, -0.05) is 0 Å². The van der Waals surface area contributed by atoms with E-state index in [1.54, 1.807) is 0 Å². The molecule has 1 aliphatic heterocycles. The van der Waals surface area contributed by atoms with Gasteiger partial charge in [0.05, 0.1) is 23.8 Å². The van der Waals surface area contributed by atoms with E-state index in [1.807, 2.05) is 0 Å². The Bertz CT molecular complexity index is 537. The molecule has 3 rings (SSSR count). The fourth-order valence-corrected chi connectivity index (χ4v) is 2.78. The van der Waals surface area contributed by atoms with Gasteiger partial charge in [-0.3, -0.25) is 4.79 Å². The Morgan fingerprint density at radius 3 is 2.70 bits per heavy atom. The van der Waals surface area contributed by atoms with Gasteiger partial charge in [0, 0.05) is 6.20 Å². The zero-order valence-corrected chi connectivity index (χ0v) is 11.0. The molecule has 20 heavy (non-hydrogen) atoms. The number of ether oxygens (including phenoxy) is 1. The summed E-state index contributed by atoms with van der Waals surface area (Å²) in [6, 6.07) is 2.83. The van der Waals surface area contributed by atoms with Crippen LogP contribution in [0.4, 0.5) is 0 Å². The fourth-order valence-electron chi connectivity index (χ4n) is 2.78. The minimum Gasteiger partial charge on any atom is -0.477 e. The molecule has 1 atom stereocenters. The molecule has 1 aromatic rings. The summed E-state index contributed by atoms with van der Waals surface area (Å²) in [5.74, 6) is -1.34. The predicted octanol–water partition coefficient (Wildman–Crippen LogP) is 1.22. The number of amides is 1. The molecular formula is C14H16N2O4. The Hall–Kier alpha value is -1.95. The van der Waals surface area contributed by atoms with Gasteiger partial charge in [0.2, 0.25) is 0 Å². The molecule has 6 nitrogen and oxygen atoms in total. The lowest BCUT2D eigenvalue weighted by atomic mass is 9.77. The number of hydrogen-bond donors (Lipinski definition) is 2. The number of carboxylic acid groups (broad SMARTS) is 1. The molecule has 2 N–H and O–H groups in total. The number of rotatable bonds is 3. The molecule has 1 aromatic heterocycles. The smallest absolute Gasteiger partial charge is 0.354 e. The van der Waals surface area contributed by atoms with Crippen molar-refractivity contribution in [2.24, 2.45) is 0 Å². The lowest BCUT2D eigenvalue weighted by molar-refractivity contribution is -0.0563. The van der Waals surface area contributed by atoms with Gasteiger partial charge in [-0.05, 0) is 37.8 Å². The molecule has 2 fully saturated rings. The SMILES string of the molecule is O=C(NC1COC2(CCC2)C1)c1ccc(C(=O)O)nc1. The lowest BCUT2D eigenvalue weighted by Crippen LogP contribution is -2.39. The van der Waals surface area contributed by atoms with E-state index in [1.165, 1.54) is 24.8 Å². The van der Waals surface area contributed by atoms with Gasteiger partial charge < -0.3 is 15.2 Å². The third-order valence-electron chi connectivity index (χ3n) is 4.05. The molecule has 1 saturated carbocycles. The van der Waals surface area contributed by atoms with Crippen LogP contribution < -0.4 is 5.32 Å². The summed E-state index contributed by atoms with van der Waals surface area (Å²) in [4.78, 5) is 26.5. The van der Waals surface area contributed by atoms with Crippen LogP contribution in [0.3, 0.4) is 0 Å². The van der Waals surface area contributed by atoms with Crippen molar-refractivity contribution < 1.29 is 19.4 Å². The quantitative estimate of drug-likeness (QED) is 0.866. The summed E-state index contributed by atoms with van der Waals surface area (Å²) in [7, 11) is 0. The fraction of sp³-hybridized carbons (Fsp3) is 0.500. The summed E-state index contributed by atoms with van der Waals surface area (Å²) < 4.78 is 5.77. The van der Waals surface area contributed by atoms with E-state index in [2.05, 4.69) is 10.3 Å². The van der Waals surface area contributed by atoms with Crippen molar-refractivity contribution in [2.75, 3.05) is 6.61 Å². The Labute approximate surface area is 116 Å². The molecule has 6 heteroatoms. The minimum absolute atomic E-state index is 0.00333. The average Bonchev–Trinajstić information content (AvgIpc) is 2.83. The van der Waals surface area contributed by atoms with Crippen LogP contribution in [0.1, 0.15) is 46.5 Å². The summed E-state index contributed by atoms with van der Waals surface area (Å²) >= 11 is 0. The lowest BCUT2D eigenvalue weighted by Gasteiger charge is -2.37. The molecule has 1 saturated heterocycles. The number of nitrogens with one attached hydrogen (secondary N) is 1. The third-order valence-corrected chi connectivity index (χ3v) is 4.05. The van der Waals surface area contributed by atoms with Crippen LogP contribution >= 0.6 is 0 Å². The highest BCUT2D eigenvalue weighted by atomic mass is 16.5. The van der Waals surface area contributed by atoms with Gasteiger partial charge in [0.15, 0.2) is 0 Å². The molecular weight excluding hydrogens is 260 g/mol. The van der Waals surface area contributed by atoms with Crippen LogP contribution in [-0.4, -0.2) is 40.2 Å². The third kappa shape index (κ3) is 2.38. The van der Waals surface area contributed by atoms with Gasteiger partial charge in [0.1, 0.15) is 5.69 Å². The molecule has 0 bridgehead atoms. The average molecular weight is 276 g/mol. The van der Waals surface area contributed by atoms with E-state index >= 15 is 0 Å². The van der Waals surface area contributed by atoms with Gasteiger partial charge in [-0.25, -0.2) is 9.78 Å². The number of nitrogens with zero attached hydrogens (tertiary/aromatic N) is 1. The number of pyridine rings is 1. The molecule has 1 spiro atoms. The number of carbonyl (C=O) groups is 2. The van der Waals surface area contributed by atoms with Gasteiger partial charge in [-0.15, -0.1) is 0 Å². The van der Waals surface area contributed by atoms with Crippen molar-refractivity contribution in [1.82, 2.24) is 10.3 Å². The van der Waals surface area contributed by atoms with Gasteiger partial charge >= 0.3 is 5.97 Å². The largest absolute Gasteiger partial charge is 0.477 e. The zero-order chi connectivity index (χ0) is 14.2. The van der Waals surface area contributed by atoms with E-state index < -0.39 is 5.97 Å². The first-order valence-electron chi connectivity index (χ1n) is 6.72. The monoisotopic (exact) mass is 276 g/mol. The van der Waals surface area contributed by atoms with Gasteiger partial charge in [-0.2, -0.15) is 0 Å². The standard InChI is InChI=1S/C14H16N2O4/c17-12(9-2-3-11(13(18)19)15-7-9)16-10-6-14(20-8-10)4-1-5-14/h2-3,7,10H,1,4-6,8H2,(H,16,17)(H,18,19). The summed E-state index contributed by atoms with van der Waals surface area (Å²) in [5, 5.41) is 11.7. The van der Waals surface area contributed by atoms with Crippen molar-refractivity contribution in [3.05, 3.63) is 29.6 Å². The topological polar surface area (TPSA) is 88.5 Å².